The molecular formula is C42H57N5O5Si. The van der Waals surface area contributed by atoms with E-state index in [9.17, 15) is 9.90 Å². The number of aliphatic hydroxyl groups is 1. The van der Waals surface area contributed by atoms with Gasteiger partial charge in [0, 0.05) is 62.4 Å². The Labute approximate surface area is 315 Å². The molecule has 2 fully saturated rings. The topological polar surface area (TPSA) is 110 Å². The minimum atomic E-state index is -2.35. The van der Waals surface area contributed by atoms with Crippen molar-refractivity contribution in [2.75, 3.05) is 36.6 Å². The van der Waals surface area contributed by atoms with E-state index in [2.05, 4.69) is 81.5 Å². The number of carbonyl (C=O) groups excluding carboxylic acids is 2. The van der Waals surface area contributed by atoms with Crippen molar-refractivity contribution in [2.45, 2.75) is 110 Å². The standard InChI is InChI=1S/C42H57N5O5Si/c1-29(2)11-10-12-30(3)20-25-47-37-19-14-33(46-23-9-8-13-39(46)49)27-36(37)42(41(47)50)31(4)40(53(6,7)35-17-15-34(51-5)16-18-35)38(52-42)21-24-45-28-32(22-26-48)43-44-45/h11,14-20,27-28,31,38,40,48H,8-10,12-13,21-26H2,1-7H3/b30-20+/t31-,38+,40-,42+/m1/s1. The highest BCUT2D eigenvalue weighted by Gasteiger charge is 2.66. The Hall–Kier alpha value is -4.06. The number of anilines is 2. The summed E-state index contributed by atoms with van der Waals surface area (Å²) in [6.07, 6.45) is 11.4. The molecule has 1 spiro atoms. The number of methoxy groups -OCH3 is 1. The molecule has 0 saturated carbocycles. The monoisotopic (exact) mass is 739 g/mol. The number of piperidine rings is 1. The fourth-order valence-electron chi connectivity index (χ4n) is 8.87. The third-order valence-corrected chi connectivity index (χ3v) is 16.1. The minimum absolute atomic E-state index is 0.0153. The number of hydrogen-bond acceptors (Lipinski definition) is 7. The maximum atomic E-state index is 15.3. The molecule has 0 radical (unpaired) electrons. The molecule has 284 valence electrons. The quantitative estimate of drug-likeness (QED) is 0.145. The van der Waals surface area contributed by atoms with Gasteiger partial charge in [0.1, 0.15) is 5.75 Å². The van der Waals surface area contributed by atoms with Crippen molar-refractivity contribution in [3.8, 4) is 5.75 Å². The summed E-state index contributed by atoms with van der Waals surface area (Å²) in [5.41, 5.74) is 4.69. The van der Waals surface area contributed by atoms with Gasteiger partial charge in [-0.25, -0.2) is 0 Å². The van der Waals surface area contributed by atoms with Crippen LogP contribution in [-0.4, -0.2) is 72.9 Å². The first kappa shape index (κ1) is 38.7. The fraction of sp³-hybridized carbons (Fsp3) is 0.524. The highest BCUT2D eigenvalue weighted by Crippen LogP contribution is 2.60. The predicted octanol–water partition coefficient (Wildman–Crippen LogP) is 6.68. The Morgan fingerprint density at radius 2 is 1.87 bits per heavy atom. The van der Waals surface area contributed by atoms with Gasteiger partial charge < -0.3 is 24.4 Å². The Balaban J connectivity index is 1.43. The van der Waals surface area contributed by atoms with Crippen LogP contribution in [0.2, 0.25) is 18.6 Å². The number of benzene rings is 2. The van der Waals surface area contributed by atoms with Crippen LogP contribution in [-0.2, 0) is 32.9 Å². The van der Waals surface area contributed by atoms with Gasteiger partial charge in [0.25, 0.3) is 5.91 Å². The summed E-state index contributed by atoms with van der Waals surface area (Å²) in [5, 5.41) is 19.3. The van der Waals surface area contributed by atoms with Crippen molar-refractivity contribution in [1.82, 2.24) is 15.0 Å². The lowest BCUT2D eigenvalue weighted by Gasteiger charge is -2.37. The second-order valence-corrected chi connectivity index (χ2v) is 20.6. The zero-order chi connectivity index (χ0) is 37.9. The van der Waals surface area contributed by atoms with Crippen LogP contribution < -0.4 is 19.7 Å². The van der Waals surface area contributed by atoms with E-state index in [1.165, 1.54) is 16.3 Å². The van der Waals surface area contributed by atoms with Crippen molar-refractivity contribution in [3.63, 3.8) is 0 Å². The van der Waals surface area contributed by atoms with Crippen LogP contribution in [0, 0.1) is 5.92 Å². The minimum Gasteiger partial charge on any atom is -0.497 e. The molecule has 10 nitrogen and oxygen atoms in total. The van der Waals surface area contributed by atoms with Crippen molar-refractivity contribution in [3.05, 3.63) is 83.2 Å². The Morgan fingerprint density at radius 3 is 2.57 bits per heavy atom. The Morgan fingerprint density at radius 1 is 1.09 bits per heavy atom. The molecule has 0 unspecified atom stereocenters. The number of ether oxygens (including phenoxy) is 2. The van der Waals surface area contributed by atoms with Gasteiger partial charge in [0.05, 0.1) is 32.7 Å². The van der Waals surface area contributed by atoms with Gasteiger partial charge in [-0.1, -0.05) is 65.8 Å². The summed E-state index contributed by atoms with van der Waals surface area (Å²) in [6, 6.07) is 14.5. The first-order valence-electron chi connectivity index (χ1n) is 19.3. The number of aliphatic hydroxyl groups excluding tert-OH is 1. The van der Waals surface area contributed by atoms with E-state index in [0.717, 1.165) is 54.1 Å². The third kappa shape index (κ3) is 7.66. The maximum absolute atomic E-state index is 15.3. The molecular weight excluding hydrogens is 683 g/mol. The molecule has 2 saturated heterocycles. The highest BCUT2D eigenvalue weighted by molar-refractivity contribution is 6.91. The number of rotatable bonds is 14. The summed E-state index contributed by atoms with van der Waals surface area (Å²) in [6.45, 7) is 15.1. The summed E-state index contributed by atoms with van der Waals surface area (Å²) in [4.78, 5) is 32.3. The van der Waals surface area contributed by atoms with Crippen LogP contribution in [0.1, 0.15) is 77.5 Å². The molecule has 0 bridgehead atoms. The van der Waals surface area contributed by atoms with Gasteiger partial charge in [-0.05, 0) is 88.7 Å². The smallest absolute Gasteiger partial charge is 0.264 e. The lowest BCUT2D eigenvalue weighted by Crippen LogP contribution is -2.52. The molecule has 4 heterocycles. The van der Waals surface area contributed by atoms with E-state index in [4.69, 9.17) is 9.47 Å². The number of fused-ring (bicyclic) bond motifs is 2. The van der Waals surface area contributed by atoms with Crippen LogP contribution in [0.3, 0.4) is 0 Å². The number of allylic oxidation sites excluding steroid dienone is 3. The van der Waals surface area contributed by atoms with E-state index < -0.39 is 13.7 Å². The molecule has 1 N–H and O–H groups in total. The number of aromatic nitrogens is 3. The summed E-state index contributed by atoms with van der Waals surface area (Å²) in [5.74, 6) is 0.738. The molecule has 2 amide bonds. The second-order valence-electron chi connectivity index (χ2n) is 15.9. The Bertz CT molecular complexity index is 1850. The van der Waals surface area contributed by atoms with Crippen LogP contribution in [0.15, 0.2) is 72.0 Å². The highest BCUT2D eigenvalue weighted by atomic mass is 28.3. The largest absolute Gasteiger partial charge is 0.497 e. The molecule has 1 aromatic heterocycles. The lowest BCUT2D eigenvalue weighted by atomic mass is 9.82. The molecule has 11 heteroatoms. The van der Waals surface area contributed by atoms with E-state index in [0.29, 0.717) is 38.9 Å². The summed E-state index contributed by atoms with van der Waals surface area (Å²) < 4.78 is 14.7. The molecule has 6 rings (SSSR count). The first-order chi connectivity index (χ1) is 25.4. The van der Waals surface area contributed by atoms with Gasteiger partial charge in [0.2, 0.25) is 5.91 Å². The van der Waals surface area contributed by atoms with Crippen LogP contribution >= 0.6 is 0 Å². The predicted molar refractivity (Wildman–Crippen MR) is 212 cm³/mol. The number of nitrogens with zero attached hydrogens (tertiary/aromatic N) is 5. The van der Waals surface area contributed by atoms with E-state index in [1.54, 1.807) is 7.11 Å². The van der Waals surface area contributed by atoms with Crippen LogP contribution in [0.25, 0.3) is 0 Å². The zero-order valence-electron chi connectivity index (χ0n) is 32.6. The molecule has 3 aromatic rings. The van der Waals surface area contributed by atoms with E-state index >= 15 is 4.79 Å². The van der Waals surface area contributed by atoms with Crippen LogP contribution in [0.4, 0.5) is 11.4 Å². The van der Waals surface area contributed by atoms with Gasteiger partial charge in [-0.3, -0.25) is 14.3 Å². The van der Waals surface area contributed by atoms with Crippen molar-refractivity contribution in [1.29, 1.82) is 0 Å². The van der Waals surface area contributed by atoms with Crippen molar-refractivity contribution in [2.24, 2.45) is 5.92 Å². The van der Waals surface area contributed by atoms with E-state index in [-0.39, 0.29) is 36.0 Å². The fourth-order valence-corrected chi connectivity index (χ4v) is 12.9. The molecule has 4 atom stereocenters. The molecule has 53 heavy (non-hydrogen) atoms. The number of aryl methyl sites for hydroxylation is 1. The second kappa shape index (κ2) is 16.1. The number of carbonyl (C=O) groups is 2. The molecule has 3 aliphatic heterocycles. The summed E-state index contributed by atoms with van der Waals surface area (Å²) >= 11 is 0. The SMILES string of the molecule is COc1ccc([Si](C)(C)[C@H]2[C@H](CCn3cc(CCO)nn3)O[C@@]3(C(=O)N(C/C=C(\C)CCC=C(C)C)c4ccc(N5CCCCC5=O)cc43)[C@@H]2C)cc1. The first-order valence-corrected chi connectivity index (χ1v) is 22.4. The van der Waals surface area contributed by atoms with Crippen molar-refractivity contribution >= 4 is 36.4 Å². The Kier molecular flexibility index (Phi) is 11.8. The van der Waals surface area contributed by atoms with Crippen molar-refractivity contribution < 1.29 is 24.2 Å². The third-order valence-electron chi connectivity index (χ3n) is 11.8. The zero-order valence-corrected chi connectivity index (χ0v) is 33.6. The van der Waals surface area contributed by atoms with E-state index in [1.807, 2.05) is 44.9 Å². The van der Waals surface area contributed by atoms with Gasteiger partial charge >= 0.3 is 0 Å². The molecule has 2 aromatic carbocycles. The lowest BCUT2D eigenvalue weighted by molar-refractivity contribution is -0.145. The van der Waals surface area contributed by atoms with Gasteiger partial charge in [0.15, 0.2) is 5.60 Å². The van der Waals surface area contributed by atoms with Crippen LogP contribution in [0.5, 0.6) is 5.75 Å². The number of amides is 2. The average molecular weight is 740 g/mol. The molecule has 3 aliphatic rings. The molecule has 0 aliphatic carbocycles. The normalized spacial score (nSPS) is 23.2. The van der Waals surface area contributed by atoms with Gasteiger partial charge in [-0.15, -0.1) is 5.10 Å². The van der Waals surface area contributed by atoms with Gasteiger partial charge in [-0.2, -0.15) is 0 Å². The average Bonchev–Trinajstić information content (AvgIpc) is 3.79. The maximum Gasteiger partial charge on any atom is 0.264 e. The summed E-state index contributed by atoms with van der Waals surface area (Å²) in [7, 11) is -0.668. The number of hydrogen-bond donors (Lipinski definition) is 1.